The van der Waals surface area contributed by atoms with Crippen molar-refractivity contribution in [3.8, 4) is 0 Å². The summed E-state index contributed by atoms with van der Waals surface area (Å²) >= 11 is 1.46. The largest absolute Gasteiger partial charge is 0.349 e. The highest BCUT2D eigenvalue weighted by Crippen LogP contribution is 2.20. The standard InChI is InChI=1S/C14H21N3O2S2/c1-3-6-15-9-13-8-14(10-17(13)4-2)21(18,19)16-12-5-7-20-11-12/h5,7-8,10-11,15-16H,3-4,6,9H2,1-2H3. The Morgan fingerprint density at radius 2 is 2.14 bits per heavy atom. The summed E-state index contributed by atoms with van der Waals surface area (Å²) in [5.41, 5.74) is 1.59. The summed E-state index contributed by atoms with van der Waals surface area (Å²) in [5, 5.41) is 6.92. The van der Waals surface area contributed by atoms with Crippen molar-refractivity contribution in [1.29, 1.82) is 0 Å². The smallest absolute Gasteiger partial charge is 0.263 e. The van der Waals surface area contributed by atoms with Crippen molar-refractivity contribution in [2.24, 2.45) is 0 Å². The fraction of sp³-hybridized carbons (Fsp3) is 0.429. The van der Waals surface area contributed by atoms with Gasteiger partial charge >= 0.3 is 0 Å². The lowest BCUT2D eigenvalue weighted by Crippen LogP contribution is -2.16. The maximum atomic E-state index is 12.4. The molecule has 7 heteroatoms. The average Bonchev–Trinajstić information content (AvgIpc) is 3.08. The molecule has 2 aromatic rings. The van der Waals surface area contributed by atoms with Crippen LogP contribution in [0, 0.1) is 0 Å². The molecule has 116 valence electrons. The van der Waals surface area contributed by atoms with Crippen LogP contribution in [0.1, 0.15) is 26.0 Å². The number of rotatable bonds is 8. The molecule has 0 atom stereocenters. The van der Waals surface area contributed by atoms with E-state index in [1.165, 1.54) is 11.3 Å². The SMILES string of the molecule is CCCNCc1cc(S(=O)(=O)Nc2ccsc2)cn1CC. The predicted octanol–water partition coefficient (Wildman–Crippen LogP) is 2.87. The Bertz CT molecular complexity index is 660. The number of sulfonamides is 1. The van der Waals surface area contributed by atoms with Crippen LogP contribution in [0.5, 0.6) is 0 Å². The number of nitrogens with zero attached hydrogens (tertiary/aromatic N) is 1. The third-order valence-electron chi connectivity index (χ3n) is 3.12. The molecule has 2 rings (SSSR count). The first kappa shape index (κ1) is 16.1. The zero-order valence-electron chi connectivity index (χ0n) is 12.3. The Balaban J connectivity index is 2.19. The first-order valence-electron chi connectivity index (χ1n) is 7.01. The molecule has 2 N–H and O–H groups in total. The first-order chi connectivity index (χ1) is 10.1. The number of anilines is 1. The van der Waals surface area contributed by atoms with E-state index in [1.807, 2.05) is 16.9 Å². The molecule has 21 heavy (non-hydrogen) atoms. The lowest BCUT2D eigenvalue weighted by atomic mass is 10.4. The molecule has 0 aliphatic rings. The number of thiophene rings is 1. The third kappa shape index (κ3) is 4.09. The normalized spacial score (nSPS) is 11.7. The van der Waals surface area contributed by atoms with Gasteiger partial charge in [0.25, 0.3) is 10.0 Å². The average molecular weight is 327 g/mol. The van der Waals surface area contributed by atoms with Gasteiger partial charge in [0.15, 0.2) is 0 Å². The molecule has 0 aliphatic carbocycles. The summed E-state index contributed by atoms with van der Waals surface area (Å²) in [7, 11) is -3.52. The molecule has 5 nitrogen and oxygen atoms in total. The van der Waals surface area contributed by atoms with E-state index in [2.05, 4.69) is 17.0 Å². The van der Waals surface area contributed by atoms with Crippen molar-refractivity contribution >= 4 is 27.0 Å². The molecule has 0 saturated heterocycles. The molecule has 0 radical (unpaired) electrons. The molecule has 0 spiro atoms. The molecule has 0 fully saturated rings. The molecule has 0 aromatic carbocycles. The number of hydrogen-bond acceptors (Lipinski definition) is 4. The summed E-state index contributed by atoms with van der Waals surface area (Å²) < 4.78 is 29.3. The van der Waals surface area contributed by atoms with Crippen LogP contribution in [0.3, 0.4) is 0 Å². The Morgan fingerprint density at radius 1 is 1.33 bits per heavy atom. The number of nitrogens with one attached hydrogen (secondary N) is 2. The van der Waals surface area contributed by atoms with Gasteiger partial charge in [0, 0.05) is 30.4 Å². The molecule has 0 unspecified atom stereocenters. The van der Waals surface area contributed by atoms with Gasteiger partial charge in [-0.1, -0.05) is 6.92 Å². The molecule has 2 heterocycles. The highest BCUT2D eigenvalue weighted by Gasteiger charge is 2.18. The topological polar surface area (TPSA) is 63.1 Å². The minimum Gasteiger partial charge on any atom is -0.349 e. The fourth-order valence-corrected chi connectivity index (χ4v) is 3.82. The van der Waals surface area contributed by atoms with Gasteiger partial charge in [-0.3, -0.25) is 4.72 Å². The second kappa shape index (κ2) is 7.11. The Kier molecular flexibility index (Phi) is 5.44. The quantitative estimate of drug-likeness (QED) is 0.733. The molecule has 0 amide bonds. The summed E-state index contributed by atoms with van der Waals surface area (Å²) in [6, 6.07) is 3.49. The van der Waals surface area contributed by atoms with Crippen LogP contribution < -0.4 is 10.0 Å². The van der Waals surface area contributed by atoms with E-state index < -0.39 is 10.0 Å². The van der Waals surface area contributed by atoms with E-state index >= 15 is 0 Å². The third-order valence-corrected chi connectivity index (χ3v) is 5.15. The van der Waals surface area contributed by atoms with Crippen LogP contribution in [0.15, 0.2) is 34.0 Å². The minimum atomic E-state index is -3.52. The van der Waals surface area contributed by atoms with Gasteiger partial charge in [-0.2, -0.15) is 11.3 Å². The molecule has 0 aliphatic heterocycles. The van der Waals surface area contributed by atoms with Gasteiger partial charge in [-0.25, -0.2) is 8.42 Å². The van der Waals surface area contributed by atoms with E-state index in [9.17, 15) is 8.42 Å². The monoisotopic (exact) mass is 327 g/mol. The van der Waals surface area contributed by atoms with Crippen molar-refractivity contribution in [3.63, 3.8) is 0 Å². The lowest BCUT2D eigenvalue weighted by molar-refractivity contribution is 0.600. The Morgan fingerprint density at radius 3 is 2.76 bits per heavy atom. The highest BCUT2D eigenvalue weighted by molar-refractivity contribution is 7.92. The van der Waals surface area contributed by atoms with Crippen LogP contribution >= 0.6 is 11.3 Å². The van der Waals surface area contributed by atoms with Crippen molar-refractivity contribution in [2.75, 3.05) is 11.3 Å². The van der Waals surface area contributed by atoms with Crippen LogP contribution in [0.4, 0.5) is 5.69 Å². The second-order valence-corrected chi connectivity index (χ2v) is 7.21. The molecule has 0 saturated carbocycles. The van der Waals surface area contributed by atoms with E-state index in [-0.39, 0.29) is 0 Å². The van der Waals surface area contributed by atoms with Gasteiger partial charge in [0.1, 0.15) is 4.90 Å². The van der Waals surface area contributed by atoms with Gasteiger partial charge in [0.2, 0.25) is 0 Å². The zero-order valence-corrected chi connectivity index (χ0v) is 13.9. The minimum absolute atomic E-state index is 0.309. The zero-order chi connectivity index (χ0) is 15.3. The van der Waals surface area contributed by atoms with Crippen LogP contribution in [-0.2, 0) is 23.1 Å². The lowest BCUT2D eigenvalue weighted by Gasteiger charge is -2.06. The molecule has 2 aromatic heterocycles. The van der Waals surface area contributed by atoms with E-state index in [0.29, 0.717) is 17.1 Å². The molecule has 0 bridgehead atoms. The van der Waals surface area contributed by atoms with Crippen LogP contribution in [0.2, 0.25) is 0 Å². The van der Waals surface area contributed by atoms with Crippen LogP contribution in [-0.4, -0.2) is 19.5 Å². The summed E-state index contributed by atoms with van der Waals surface area (Å²) in [6.07, 6.45) is 2.75. The Labute approximate surface area is 130 Å². The van der Waals surface area contributed by atoms with E-state index in [4.69, 9.17) is 0 Å². The Hall–Kier alpha value is -1.31. The predicted molar refractivity (Wildman–Crippen MR) is 87.2 cm³/mol. The first-order valence-corrected chi connectivity index (χ1v) is 9.44. The van der Waals surface area contributed by atoms with Gasteiger partial charge in [-0.05, 0) is 37.4 Å². The second-order valence-electron chi connectivity index (χ2n) is 4.75. The molecular weight excluding hydrogens is 306 g/mol. The van der Waals surface area contributed by atoms with Crippen molar-refractivity contribution in [1.82, 2.24) is 9.88 Å². The van der Waals surface area contributed by atoms with Crippen LogP contribution in [0.25, 0.3) is 0 Å². The summed E-state index contributed by atoms with van der Waals surface area (Å²) in [6.45, 7) is 6.45. The van der Waals surface area contributed by atoms with Gasteiger partial charge in [0.05, 0.1) is 5.69 Å². The maximum Gasteiger partial charge on any atom is 0.263 e. The van der Waals surface area contributed by atoms with Crippen molar-refractivity contribution in [2.45, 2.75) is 38.3 Å². The highest BCUT2D eigenvalue weighted by atomic mass is 32.2. The van der Waals surface area contributed by atoms with Gasteiger partial charge < -0.3 is 9.88 Å². The molecular formula is C14H21N3O2S2. The van der Waals surface area contributed by atoms with Crippen molar-refractivity contribution < 1.29 is 8.42 Å². The number of hydrogen-bond donors (Lipinski definition) is 2. The van der Waals surface area contributed by atoms with E-state index in [1.54, 1.807) is 23.7 Å². The summed E-state index contributed by atoms with van der Waals surface area (Å²) in [5.74, 6) is 0. The number of aromatic nitrogens is 1. The van der Waals surface area contributed by atoms with E-state index in [0.717, 1.165) is 25.2 Å². The van der Waals surface area contributed by atoms with Crippen molar-refractivity contribution in [3.05, 3.63) is 34.8 Å². The number of aryl methyl sites for hydroxylation is 1. The fourth-order valence-electron chi connectivity index (χ4n) is 2.04. The van der Waals surface area contributed by atoms with Gasteiger partial charge in [-0.15, -0.1) is 0 Å². The maximum absolute atomic E-state index is 12.4. The summed E-state index contributed by atoms with van der Waals surface area (Å²) in [4.78, 5) is 0.309.